The van der Waals surface area contributed by atoms with Gasteiger partial charge in [0.1, 0.15) is 0 Å². The number of ether oxygens (including phenoxy) is 2. The molecule has 0 saturated carbocycles. The van der Waals surface area contributed by atoms with Crippen molar-refractivity contribution in [2.45, 2.75) is 32.7 Å². The molecule has 0 spiro atoms. The molecule has 0 aromatic rings. The van der Waals surface area contributed by atoms with Gasteiger partial charge in [-0.05, 0) is 13.8 Å². The molecule has 0 atom stereocenters. The first-order valence-electron chi connectivity index (χ1n) is 4.02. The van der Waals surface area contributed by atoms with Crippen LogP contribution in [0.3, 0.4) is 0 Å². The summed E-state index contributed by atoms with van der Waals surface area (Å²) in [5.41, 5.74) is 0. The molecule has 0 amide bonds. The average molecular weight is 175 g/mol. The molecule has 0 heterocycles. The molecule has 0 N–H and O–H groups in total. The summed E-state index contributed by atoms with van der Waals surface area (Å²) in [6, 6.07) is -0.230. The lowest BCUT2D eigenvalue weighted by atomic mass is 10.3. The van der Waals surface area contributed by atoms with Gasteiger partial charge in [-0.15, -0.1) is 0 Å². The van der Waals surface area contributed by atoms with Gasteiger partial charge in [0.2, 0.25) is 0 Å². The quantitative estimate of drug-likeness (QED) is 0.580. The standard InChI is InChI=1S/C8H14FNO2/c1-3-11-8(9,12-4-2)6-5-7-10/h3-6H2,1-2H3. The maximum Gasteiger partial charge on any atom is 0.321 e. The predicted octanol–water partition coefficient (Wildman–Crippen LogP) is 1.99. The fourth-order valence-electron chi connectivity index (χ4n) is 0.822. The molecular weight excluding hydrogens is 161 g/mol. The number of alkyl halides is 1. The monoisotopic (exact) mass is 175 g/mol. The zero-order valence-corrected chi connectivity index (χ0v) is 7.47. The van der Waals surface area contributed by atoms with E-state index in [2.05, 4.69) is 0 Å². The third kappa shape index (κ3) is 4.27. The van der Waals surface area contributed by atoms with E-state index < -0.39 is 6.04 Å². The van der Waals surface area contributed by atoms with Gasteiger partial charge in [-0.2, -0.15) is 9.65 Å². The molecule has 0 aliphatic rings. The van der Waals surface area contributed by atoms with Crippen LogP contribution in [-0.4, -0.2) is 19.3 Å². The lowest BCUT2D eigenvalue weighted by Crippen LogP contribution is -2.30. The summed E-state index contributed by atoms with van der Waals surface area (Å²) in [5.74, 6) is 0. The largest absolute Gasteiger partial charge is 0.324 e. The van der Waals surface area contributed by atoms with Crippen LogP contribution in [-0.2, 0) is 9.47 Å². The summed E-state index contributed by atoms with van der Waals surface area (Å²) < 4.78 is 22.8. The Labute approximate surface area is 72.1 Å². The van der Waals surface area contributed by atoms with Crippen LogP contribution in [0.25, 0.3) is 0 Å². The van der Waals surface area contributed by atoms with Gasteiger partial charge in [-0.1, -0.05) is 0 Å². The fourth-order valence-corrected chi connectivity index (χ4v) is 0.822. The Kier molecular flexibility index (Phi) is 5.60. The molecule has 0 radical (unpaired) electrons. The molecule has 70 valence electrons. The molecule has 0 rings (SSSR count). The lowest BCUT2D eigenvalue weighted by Gasteiger charge is -2.23. The summed E-state index contributed by atoms with van der Waals surface area (Å²) in [6.07, 6.45) is 0.0572. The normalized spacial score (nSPS) is 11.2. The van der Waals surface area contributed by atoms with Crippen LogP contribution < -0.4 is 0 Å². The van der Waals surface area contributed by atoms with Crippen molar-refractivity contribution in [2.24, 2.45) is 0 Å². The minimum absolute atomic E-state index is 0.0365. The molecule has 0 aromatic carbocycles. The predicted molar refractivity (Wildman–Crippen MR) is 41.9 cm³/mol. The topological polar surface area (TPSA) is 42.2 Å². The minimum atomic E-state index is -2.07. The van der Waals surface area contributed by atoms with Crippen LogP contribution in [0, 0.1) is 11.3 Å². The van der Waals surface area contributed by atoms with Crippen molar-refractivity contribution in [3.8, 4) is 6.07 Å². The molecule has 3 nitrogen and oxygen atoms in total. The van der Waals surface area contributed by atoms with Gasteiger partial charge in [0.05, 0.1) is 6.07 Å². The first-order chi connectivity index (χ1) is 5.68. The summed E-state index contributed by atoms with van der Waals surface area (Å²) in [6.45, 7) is 3.84. The molecule has 12 heavy (non-hydrogen) atoms. The van der Waals surface area contributed by atoms with Crippen LogP contribution in [0.2, 0.25) is 0 Å². The van der Waals surface area contributed by atoms with Crippen molar-refractivity contribution in [1.82, 2.24) is 0 Å². The second kappa shape index (κ2) is 5.92. The zero-order valence-electron chi connectivity index (χ0n) is 7.47. The Bertz CT molecular complexity index is 150. The van der Waals surface area contributed by atoms with E-state index in [0.29, 0.717) is 0 Å². The van der Waals surface area contributed by atoms with Gasteiger partial charge >= 0.3 is 6.04 Å². The molecule has 0 aromatic heterocycles. The Balaban J connectivity index is 3.90. The molecule has 0 bridgehead atoms. The van der Waals surface area contributed by atoms with E-state index >= 15 is 0 Å². The third-order valence-corrected chi connectivity index (χ3v) is 1.26. The van der Waals surface area contributed by atoms with Crippen LogP contribution in [0.5, 0.6) is 0 Å². The molecule has 0 aliphatic carbocycles. The van der Waals surface area contributed by atoms with E-state index in [4.69, 9.17) is 14.7 Å². The van der Waals surface area contributed by atoms with Crippen LogP contribution in [0.1, 0.15) is 26.7 Å². The van der Waals surface area contributed by atoms with Gasteiger partial charge in [0.15, 0.2) is 0 Å². The fraction of sp³-hybridized carbons (Fsp3) is 0.875. The Morgan fingerprint density at radius 3 is 2.17 bits per heavy atom. The van der Waals surface area contributed by atoms with Crippen LogP contribution in [0.4, 0.5) is 4.39 Å². The van der Waals surface area contributed by atoms with Crippen molar-refractivity contribution in [1.29, 1.82) is 5.26 Å². The number of halogens is 1. The van der Waals surface area contributed by atoms with Gasteiger partial charge in [0.25, 0.3) is 0 Å². The van der Waals surface area contributed by atoms with Crippen molar-refractivity contribution in [3.05, 3.63) is 0 Å². The second-order valence-electron chi connectivity index (χ2n) is 2.18. The highest BCUT2D eigenvalue weighted by Gasteiger charge is 2.30. The average Bonchev–Trinajstić information content (AvgIpc) is 2.02. The van der Waals surface area contributed by atoms with Crippen LogP contribution >= 0.6 is 0 Å². The maximum absolute atomic E-state index is 13.4. The summed E-state index contributed by atoms with van der Waals surface area (Å²) >= 11 is 0. The minimum Gasteiger partial charge on any atom is -0.324 e. The van der Waals surface area contributed by atoms with Crippen molar-refractivity contribution in [2.75, 3.05) is 13.2 Å². The maximum atomic E-state index is 13.4. The van der Waals surface area contributed by atoms with Gasteiger partial charge in [-0.3, -0.25) is 0 Å². The molecule has 0 fully saturated rings. The number of rotatable bonds is 6. The number of hydrogen-bond acceptors (Lipinski definition) is 3. The summed E-state index contributed by atoms with van der Waals surface area (Å²) in [7, 11) is 0. The SMILES string of the molecule is CCOC(F)(CCC#N)OCC. The molecule has 0 unspecified atom stereocenters. The van der Waals surface area contributed by atoms with E-state index in [-0.39, 0.29) is 26.1 Å². The molecule has 0 saturated heterocycles. The smallest absolute Gasteiger partial charge is 0.321 e. The Morgan fingerprint density at radius 1 is 1.33 bits per heavy atom. The number of nitriles is 1. The van der Waals surface area contributed by atoms with E-state index in [0.717, 1.165) is 0 Å². The van der Waals surface area contributed by atoms with E-state index in [1.54, 1.807) is 13.8 Å². The molecular formula is C8H14FNO2. The van der Waals surface area contributed by atoms with Crippen molar-refractivity contribution in [3.63, 3.8) is 0 Å². The van der Waals surface area contributed by atoms with Gasteiger partial charge < -0.3 is 9.47 Å². The summed E-state index contributed by atoms with van der Waals surface area (Å²) in [5, 5.41) is 8.24. The molecule has 0 aliphatic heterocycles. The highest BCUT2D eigenvalue weighted by molar-refractivity contribution is 4.72. The number of hydrogen-bond donors (Lipinski definition) is 0. The van der Waals surface area contributed by atoms with Crippen molar-refractivity contribution < 1.29 is 13.9 Å². The Morgan fingerprint density at radius 2 is 1.83 bits per heavy atom. The second-order valence-corrected chi connectivity index (χ2v) is 2.18. The number of nitrogens with zero attached hydrogens (tertiary/aromatic N) is 1. The van der Waals surface area contributed by atoms with E-state index in [9.17, 15) is 4.39 Å². The highest BCUT2D eigenvalue weighted by Crippen LogP contribution is 2.21. The Hall–Kier alpha value is -0.660. The summed E-state index contributed by atoms with van der Waals surface area (Å²) in [4.78, 5) is 0. The first kappa shape index (κ1) is 11.3. The lowest BCUT2D eigenvalue weighted by molar-refractivity contribution is -0.315. The molecule has 4 heteroatoms. The van der Waals surface area contributed by atoms with Crippen molar-refractivity contribution >= 4 is 0 Å². The van der Waals surface area contributed by atoms with E-state index in [1.165, 1.54) is 0 Å². The first-order valence-corrected chi connectivity index (χ1v) is 4.02. The van der Waals surface area contributed by atoms with Gasteiger partial charge in [0, 0.05) is 26.1 Å². The van der Waals surface area contributed by atoms with Crippen LogP contribution in [0.15, 0.2) is 0 Å². The third-order valence-electron chi connectivity index (χ3n) is 1.26. The van der Waals surface area contributed by atoms with E-state index in [1.807, 2.05) is 6.07 Å². The zero-order chi connectivity index (χ0) is 9.45. The van der Waals surface area contributed by atoms with Gasteiger partial charge in [-0.25, -0.2) is 0 Å². The highest BCUT2D eigenvalue weighted by atomic mass is 19.2.